The van der Waals surface area contributed by atoms with Crippen LogP contribution < -0.4 is 0 Å². The maximum absolute atomic E-state index is 11.2. The van der Waals surface area contributed by atoms with E-state index >= 15 is 0 Å². The average molecular weight is 189 g/mol. The molecule has 0 aliphatic heterocycles. The van der Waals surface area contributed by atoms with Crippen LogP contribution in [0.2, 0.25) is 0 Å². The number of esters is 1. The van der Waals surface area contributed by atoms with Crippen LogP contribution in [0.4, 0.5) is 0 Å². The summed E-state index contributed by atoms with van der Waals surface area (Å²) in [7, 11) is 0. The van der Waals surface area contributed by atoms with Crippen molar-refractivity contribution >= 4 is 17.6 Å². The van der Waals surface area contributed by atoms with Crippen molar-refractivity contribution in [2.45, 2.75) is 26.2 Å². The Hall–Kier alpha value is -0.500. The molecule has 0 saturated carbocycles. The van der Waals surface area contributed by atoms with Crippen molar-refractivity contribution in [1.82, 2.24) is 0 Å². The smallest absolute Gasteiger partial charge is 0.309 e. The van der Waals surface area contributed by atoms with Gasteiger partial charge in [0.25, 0.3) is 0 Å². The molecule has 0 aromatic rings. The highest BCUT2D eigenvalue weighted by molar-refractivity contribution is 6.29. The standard InChI is InChI=1S/C9H13ClO2/c1-2-12-9(11)7-4-3-5-8(10)6-7/h5,7H,2-4,6H2,1H3. The molecule has 1 aliphatic rings. The van der Waals surface area contributed by atoms with E-state index in [0.29, 0.717) is 13.0 Å². The van der Waals surface area contributed by atoms with E-state index in [2.05, 4.69) is 0 Å². The number of hydrogen-bond donors (Lipinski definition) is 0. The van der Waals surface area contributed by atoms with Gasteiger partial charge in [-0.1, -0.05) is 17.7 Å². The zero-order valence-corrected chi connectivity index (χ0v) is 7.93. The summed E-state index contributed by atoms with van der Waals surface area (Å²) >= 11 is 5.81. The minimum atomic E-state index is -0.108. The first-order valence-electron chi connectivity index (χ1n) is 4.25. The van der Waals surface area contributed by atoms with Crippen molar-refractivity contribution in [2.24, 2.45) is 5.92 Å². The minimum absolute atomic E-state index is 0.0116. The molecular formula is C9H13ClO2. The molecule has 0 spiro atoms. The highest BCUT2D eigenvalue weighted by Gasteiger charge is 2.22. The minimum Gasteiger partial charge on any atom is -0.466 e. The quantitative estimate of drug-likeness (QED) is 0.623. The van der Waals surface area contributed by atoms with Crippen LogP contribution in [0.25, 0.3) is 0 Å². The molecule has 3 heteroatoms. The zero-order chi connectivity index (χ0) is 8.97. The highest BCUT2D eigenvalue weighted by atomic mass is 35.5. The Kier molecular flexibility index (Phi) is 3.60. The van der Waals surface area contributed by atoms with Crippen molar-refractivity contribution in [2.75, 3.05) is 6.61 Å². The number of hydrogen-bond acceptors (Lipinski definition) is 2. The van der Waals surface area contributed by atoms with Crippen LogP contribution in [0.15, 0.2) is 11.1 Å². The van der Waals surface area contributed by atoms with E-state index < -0.39 is 0 Å². The van der Waals surface area contributed by atoms with Gasteiger partial charge < -0.3 is 4.74 Å². The van der Waals surface area contributed by atoms with Crippen LogP contribution in [-0.4, -0.2) is 12.6 Å². The molecule has 0 aromatic carbocycles. The normalized spacial score (nSPS) is 23.2. The van der Waals surface area contributed by atoms with E-state index in [9.17, 15) is 4.79 Å². The monoisotopic (exact) mass is 188 g/mol. The summed E-state index contributed by atoms with van der Waals surface area (Å²) in [5, 5.41) is 0.791. The number of allylic oxidation sites excluding steroid dienone is 2. The van der Waals surface area contributed by atoms with Crippen molar-refractivity contribution in [3.8, 4) is 0 Å². The maximum atomic E-state index is 11.2. The van der Waals surface area contributed by atoms with Crippen LogP contribution >= 0.6 is 11.6 Å². The lowest BCUT2D eigenvalue weighted by molar-refractivity contribution is -0.148. The van der Waals surface area contributed by atoms with Gasteiger partial charge in [-0.2, -0.15) is 0 Å². The Morgan fingerprint density at radius 1 is 1.83 bits per heavy atom. The number of carbonyl (C=O) groups is 1. The van der Waals surface area contributed by atoms with Crippen LogP contribution in [0.3, 0.4) is 0 Å². The number of carbonyl (C=O) groups excluding carboxylic acids is 1. The van der Waals surface area contributed by atoms with Gasteiger partial charge >= 0.3 is 5.97 Å². The Bertz CT molecular complexity index is 199. The average Bonchev–Trinajstić information content (AvgIpc) is 2.05. The number of ether oxygens (including phenoxy) is 1. The third kappa shape index (κ3) is 2.52. The van der Waals surface area contributed by atoms with Crippen LogP contribution in [0.1, 0.15) is 26.2 Å². The SMILES string of the molecule is CCOC(=O)C1CCC=C(Cl)C1. The van der Waals surface area contributed by atoms with E-state index in [1.807, 2.05) is 13.0 Å². The summed E-state index contributed by atoms with van der Waals surface area (Å²) in [4.78, 5) is 11.2. The zero-order valence-electron chi connectivity index (χ0n) is 7.18. The molecule has 1 aliphatic carbocycles. The summed E-state index contributed by atoms with van der Waals surface area (Å²) < 4.78 is 4.90. The summed E-state index contributed by atoms with van der Waals surface area (Å²) in [6.45, 7) is 2.27. The Morgan fingerprint density at radius 2 is 2.58 bits per heavy atom. The molecule has 0 heterocycles. The second-order valence-corrected chi connectivity index (χ2v) is 3.37. The van der Waals surface area contributed by atoms with E-state index in [1.54, 1.807) is 0 Å². The molecule has 68 valence electrons. The lowest BCUT2D eigenvalue weighted by Crippen LogP contribution is -2.19. The van der Waals surface area contributed by atoms with E-state index in [-0.39, 0.29) is 11.9 Å². The van der Waals surface area contributed by atoms with Crippen LogP contribution in [0.5, 0.6) is 0 Å². The van der Waals surface area contributed by atoms with Crippen molar-refractivity contribution in [3.05, 3.63) is 11.1 Å². The van der Waals surface area contributed by atoms with Gasteiger partial charge in [0.1, 0.15) is 0 Å². The highest BCUT2D eigenvalue weighted by Crippen LogP contribution is 2.27. The van der Waals surface area contributed by atoms with Gasteiger partial charge in [0.05, 0.1) is 12.5 Å². The molecule has 0 radical (unpaired) electrons. The maximum Gasteiger partial charge on any atom is 0.309 e. The van der Waals surface area contributed by atoms with Crippen molar-refractivity contribution in [3.63, 3.8) is 0 Å². The fraction of sp³-hybridized carbons (Fsp3) is 0.667. The molecule has 0 N–H and O–H groups in total. The molecule has 0 bridgehead atoms. The first-order chi connectivity index (χ1) is 5.74. The largest absolute Gasteiger partial charge is 0.466 e. The van der Waals surface area contributed by atoms with E-state index in [4.69, 9.17) is 16.3 Å². The van der Waals surface area contributed by atoms with E-state index in [0.717, 1.165) is 17.9 Å². The van der Waals surface area contributed by atoms with Gasteiger partial charge in [-0.05, 0) is 26.2 Å². The topological polar surface area (TPSA) is 26.3 Å². The molecule has 1 atom stereocenters. The first-order valence-corrected chi connectivity index (χ1v) is 4.63. The first kappa shape index (κ1) is 9.59. The second-order valence-electron chi connectivity index (χ2n) is 2.88. The van der Waals surface area contributed by atoms with Gasteiger partial charge in [0, 0.05) is 5.03 Å². The molecule has 0 aromatic heterocycles. The summed E-state index contributed by atoms with van der Waals surface area (Å²) in [6.07, 6.45) is 4.38. The fourth-order valence-electron chi connectivity index (χ4n) is 1.32. The predicted octanol–water partition coefficient (Wildman–Crippen LogP) is 2.47. The lowest BCUT2D eigenvalue weighted by atomic mass is 9.94. The van der Waals surface area contributed by atoms with E-state index in [1.165, 1.54) is 0 Å². The molecule has 0 amide bonds. The molecular weight excluding hydrogens is 176 g/mol. The Balaban J connectivity index is 2.43. The summed E-state index contributed by atoms with van der Waals surface area (Å²) in [5.74, 6) is -0.119. The second kappa shape index (κ2) is 4.51. The summed E-state index contributed by atoms with van der Waals surface area (Å²) in [6, 6.07) is 0. The third-order valence-corrected chi connectivity index (χ3v) is 2.25. The van der Waals surface area contributed by atoms with Crippen molar-refractivity contribution < 1.29 is 9.53 Å². The summed E-state index contributed by atoms with van der Waals surface area (Å²) in [5.41, 5.74) is 0. The van der Waals surface area contributed by atoms with Crippen LogP contribution in [0, 0.1) is 5.92 Å². The molecule has 1 rings (SSSR count). The lowest BCUT2D eigenvalue weighted by Gasteiger charge is -2.17. The van der Waals surface area contributed by atoms with Crippen LogP contribution in [-0.2, 0) is 9.53 Å². The number of rotatable bonds is 2. The predicted molar refractivity (Wildman–Crippen MR) is 47.9 cm³/mol. The van der Waals surface area contributed by atoms with Gasteiger partial charge in [0.15, 0.2) is 0 Å². The van der Waals surface area contributed by atoms with Gasteiger partial charge in [-0.3, -0.25) is 4.79 Å². The molecule has 2 nitrogen and oxygen atoms in total. The third-order valence-electron chi connectivity index (χ3n) is 1.94. The van der Waals surface area contributed by atoms with Gasteiger partial charge in [-0.25, -0.2) is 0 Å². The Morgan fingerprint density at radius 3 is 3.17 bits per heavy atom. The van der Waals surface area contributed by atoms with Gasteiger partial charge in [0.2, 0.25) is 0 Å². The molecule has 1 unspecified atom stereocenters. The van der Waals surface area contributed by atoms with Gasteiger partial charge in [-0.15, -0.1) is 0 Å². The Labute approximate surface area is 77.5 Å². The molecule has 0 fully saturated rings. The molecule has 0 saturated heterocycles. The van der Waals surface area contributed by atoms with Crippen molar-refractivity contribution in [1.29, 1.82) is 0 Å². The molecule has 12 heavy (non-hydrogen) atoms. The fourth-order valence-corrected chi connectivity index (χ4v) is 1.62. The number of halogens is 1.